The Hall–Kier alpha value is -2.04. The zero-order chi connectivity index (χ0) is 11.0. The lowest BCUT2D eigenvalue weighted by Gasteiger charge is -1.97. The fourth-order valence-corrected chi connectivity index (χ4v) is 1.44. The van der Waals surface area contributed by atoms with Gasteiger partial charge in [0.2, 0.25) is 0 Å². The molecule has 15 heavy (non-hydrogen) atoms. The van der Waals surface area contributed by atoms with Crippen molar-refractivity contribution >= 4 is 5.97 Å². The van der Waals surface area contributed by atoms with Gasteiger partial charge in [-0.1, -0.05) is 0 Å². The zero-order valence-corrected chi connectivity index (χ0v) is 8.48. The number of nitrogens with zero attached hydrogens (tertiary/aromatic N) is 2. The maximum atomic E-state index is 10.7. The quantitative estimate of drug-likeness (QED) is 0.778. The minimum Gasteiger partial charge on any atom is -0.477 e. The number of carboxylic acid groups (broad SMARTS) is 1. The summed E-state index contributed by atoms with van der Waals surface area (Å²) in [6, 6.07) is 3.29. The fourth-order valence-electron chi connectivity index (χ4n) is 1.44. The Balaban J connectivity index is 2.46. The molecule has 0 radical (unpaired) electrons. The van der Waals surface area contributed by atoms with Crippen molar-refractivity contribution < 1.29 is 9.90 Å². The third kappa shape index (κ3) is 1.52. The molecule has 0 fully saturated rings. The second-order valence-electron chi connectivity index (χ2n) is 3.36. The molecule has 78 valence electrons. The Kier molecular flexibility index (Phi) is 2.07. The minimum absolute atomic E-state index is 0.188. The summed E-state index contributed by atoms with van der Waals surface area (Å²) in [5, 5.41) is 12.9. The number of aromatic nitrogens is 3. The van der Waals surface area contributed by atoms with E-state index in [0.717, 1.165) is 17.0 Å². The molecule has 0 aliphatic rings. The summed E-state index contributed by atoms with van der Waals surface area (Å²) in [5.74, 6) is -0.956. The van der Waals surface area contributed by atoms with Gasteiger partial charge >= 0.3 is 5.97 Å². The highest BCUT2D eigenvalue weighted by molar-refractivity contribution is 5.86. The van der Waals surface area contributed by atoms with Crippen molar-refractivity contribution in [1.82, 2.24) is 14.8 Å². The number of aromatic carboxylic acids is 1. The smallest absolute Gasteiger partial charge is 0.352 e. The first-order chi connectivity index (χ1) is 7.09. The van der Waals surface area contributed by atoms with Gasteiger partial charge in [-0.25, -0.2) is 4.79 Å². The standard InChI is InChI=1S/C10H11N3O2/c1-6-7(5-11-13(6)2)8-3-4-9(12-8)10(14)15/h3-5,12H,1-2H3,(H,14,15). The highest BCUT2D eigenvalue weighted by atomic mass is 16.4. The first-order valence-corrected chi connectivity index (χ1v) is 4.51. The molecule has 2 aromatic heterocycles. The van der Waals surface area contributed by atoms with Gasteiger partial charge in [-0.15, -0.1) is 0 Å². The number of rotatable bonds is 2. The molecule has 2 rings (SSSR count). The Morgan fingerprint density at radius 2 is 2.27 bits per heavy atom. The van der Waals surface area contributed by atoms with Gasteiger partial charge < -0.3 is 10.1 Å². The molecule has 0 saturated carbocycles. The van der Waals surface area contributed by atoms with Gasteiger partial charge in [0.25, 0.3) is 0 Å². The first-order valence-electron chi connectivity index (χ1n) is 4.51. The van der Waals surface area contributed by atoms with Crippen molar-refractivity contribution in [3.8, 4) is 11.3 Å². The van der Waals surface area contributed by atoms with Gasteiger partial charge in [-0.2, -0.15) is 5.10 Å². The van der Waals surface area contributed by atoms with Crippen LogP contribution in [0.4, 0.5) is 0 Å². The normalized spacial score (nSPS) is 10.5. The van der Waals surface area contributed by atoms with E-state index in [2.05, 4.69) is 10.1 Å². The van der Waals surface area contributed by atoms with E-state index in [-0.39, 0.29) is 5.69 Å². The summed E-state index contributed by atoms with van der Waals surface area (Å²) in [6.45, 7) is 1.93. The zero-order valence-electron chi connectivity index (χ0n) is 8.48. The number of carboxylic acids is 1. The van der Waals surface area contributed by atoms with Crippen LogP contribution in [-0.4, -0.2) is 25.8 Å². The van der Waals surface area contributed by atoms with Gasteiger partial charge in [-0.05, 0) is 19.1 Å². The summed E-state index contributed by atoms with van der Waals surface area (Å²) in [5.41, 5.74) is 2.88. The average Bonchev–Trinajstić information content (AvgIpc) is 2.76. The SMILES string of the molecule is Cc1c(-c2ccc(C(=O)O)[nH]2)cnn1C. The Morgan fingerprint density at radius 1 is 1.53 bits per heavy atom. The van der Waals surface area contributed by atoms with E-state index >= 15 is 0 Å². The fraction of sp³-hybridized carbons (Fsp3) is 0.200. The lowest BCUT2D eigenvalue weighted by Crippen LogP contribution is -1.96. The summed E-state index contributed by atoms with van der Waals surface area (Å²) in [7, 11) is 1.85. The van der Waals surface area contributed by atoms with Gasteiger partial charge in [0.15, 0.2) is 0 Å². The molecule has 2 aromatic rings. The molecule has 5 nitrogen and oxygen atoms in total. The number of nitrogens with one attached hydrogen (secondary N) is 1. The summed E-state index contributed by atoms with van der Waals surface area (Å²) in [6.07, 6.45) is 1.72. The molecule has 2 heterocycles. The van der Waals surface area contributed by atoms with Crippen LogP contribution >= 0.6 is 0 Å². The predicted molar refractivity (Wildman–Crippen MR) is 54.7 cm³/mol. The van der Waals surface area contributed by atoms with E-state index in [9.17, 15) is 4.79 Å². The third-order valence-electron chi connectivity index (χ3n) is 2.44. The number of aromatic amines is 1. The lowest BCUT2D eigenvalue weighted by molar-refractivity contribution is 0.0691. The molecule has 0 unspecified atom stereocenters. The van der Waals surface area contributed by atoms with Crippen LogP contribution in [0.15, 0.2) is 18.3 Å². The van der Waals surface area contributed by atoms with E-state index in [1.807, 2.05) is 14.0 Å². The number of carbonyl (C=O) groups is 1. The maximum absolute atomic E-state index is 10.7. The molecule has 0 amide bonds. The molecule has 0 atom stereocenters. The molecule has 0 aliphatic heterocycles. The van der Waals surface area contributed by atoms with Crippen molar-refractivity contribution in [3.05, 3.63) is 29.7 Å². The van der Waals surface area contributed by atoms with Crippen LogP contribution in [0.3, 0.4) is 0 Å². The van der Waals surface area contributed by atoms with Gasteiger partial charge in [-0.3, -0.25) is 4.68 Å². The van der Waals surface area contributed by atoms with Crippen LogP contribution in [-0.2, 0) is 7.05 Å². The van der Waals surface area contributed by atoms with Gasteiger partial charge in [0, 0.05) is 24.0 Å². The van der Waals surface area contributed by atoms with Crippen molar-refractivity contribution in [2.24, 2.45) is 7.05 Å². The van der Waals surface area contributed by atoms with Crippen LogP contribution < -0.4 is 0 Å². The van der Waals surface area contributed by atoms with Crippen molar-refractivity contribution in [2.75, 3.05) is 0 Å². The molecule has 0 aliphatic carbocycles. The topological polar surface area (TPSA) is 70.9 Å². The number of H-pyrrole nitrogens is 1. The van der Waals surface area contributed by atoms with Crippen molar-refractivity contribution in [1.29, 1.82) is 0 Å². The second kappa shape index (κ2) is 3.27. The summed E-state index contributed by atoms with van der Waals surface area (Å²) >= 11 is 0. The van der Waals surface area contributed by atoms with Crippen LogP contribution in [0.2, 0.25) is 0 Å². The number of aryl methyl sites for hydroxylation is 1. The Labute approximate surface area is 86.4 Å². The molecule has 0 bridgehead atoms. The van der Waals surface area contributed by atoms with Gasteiger partial charge in [0.1, 0.15) is 5.69 Å². The monoisotopic (exact) mass is 205 g/mol. The van der Waals surface area contributed by atoms with Crippen molar-refractivity contribution in [3.63, 3.8) is 0 Å². The predicted octanol–water partition coefficient (Wildman–Crippen LogP) is 1.42. The van der Waals surface area contributed by atoms with E-state index in [4.69, 9.17) is 5.11 Å². The van der Waals surface area contributed by atoms with E-state index in [1.54, 1.807) is 23.0 Å². The highest BCUT2D eigenvalue weighted by Crippen LogP contribution is 2.21. The highest BCUT2D eigenvalue weighted by Gasteiger charge is 2.10. The third-order valence-corrected chi connectivity index (χ3v) is 2.44. The largest absolute Gasteiger partial charge is 0.477 e. The molecular weight excluding hydrogens is 194 g/mol. The van der Waals surface area contributed by atoms with Crippen LogP contribution in [0.1, 0.15) is 16.2 Å². The van der Waals surface area contributed by atoms with E-state index < -0.39 is 5.97 Å². The van der Waals surface area contributed by atoms with Crippen LogP contribution in [0.25, 0.3) is 11.3 Å². The molecular formula is C10H11N3O2. The van der Waals surface area contributed by atoms with Crippen LogP contribution in [0, 0.1) is 6.92 Å². The number of hydrogen-bond acceptors (Lipinski definition) is 2. The molecule has 0 saturated heterocycles. The summed E-state index contributed by atoms with van der Waals surface area (Å²) < 4.78 is 1.75. The average molecular weight is 205 g/mol. The summed E-state index contributed by atoms with van der Waals surface area (Å²) in [4.78, 5) is 13.5. The van der Waals surface area contributed by atoms with Gasteiger partial charge in [0.05, 0.1) is 6.20 Å². The molecule has 2 N–H and O–H groups in total. The molecule has 5 heteroatoms. The van der Waals surface area contributed by atoms with Crippen molar-refractivity contribution in [2.45, 2.75) is 6.92 Å². The van der Waals surface area contributed by atoms with E-state index in [1.165, 1.54) is 0 Å². The molecule has 0 aromatic carbocycles. The Morgan fingerprint density at radius 3 is 2.73 bits per heavy atom. The van der Waals surface area contributed by atoms with E-state index in [0.29, 0.717) is 0 Å². The maximum Gasteiger partial charge on any atom is 0.352 e. The van der Waals surface area contributed by atoms with Crippen LogP contribution in [0.5, 0.6) is 0 Å². The Bertz CT molecular complexity index is 510. The molecule has 0 spiro atoms. The first kappa shape index (κ1) is 9.51. The number of hydrogen-bond donors (Lipinski definition) is 2. The lowest BCUT2D eigenvalue weighted by atomic mass is 10.2. The second-order valence-corrected chi connectivity index (χ2v) is 3.36. The minimum atomic E-state index is -0.956.